The third-order valence-corrected chi connectivity index (χ3v) is 9.78. The molecule has 8 aromatic carbocycles. The summed E-state index contributed by atoms with van der Waals surface area (Å²) in [6.07, 6.45) is 0. The number of hydrogen-bond acceptors (Lipinski definition) is 4. The highest BCUT2D eigenvalue weighted by atomic mass is 15.0. The summed E-state index contributed by atoms with van der Waals surface area (Å²) in [6, 6.07) is 68.8. The molecular weight excluding hydrogens is 657 g/mol. The van der Waals surface area contributed by atoms with Crippen molar-refractivity contribution in [1.82, 2.24) is 15.0 Å². The summed E-state index contributed by atoms with van der Waals surface area (Å²) < 4.78 is 0. The summed E-state index contributed by atoms with van der Waals surface area (Å²) in [5.74, 6) is 1.76. The minimum Gasteiger partial charge on any atom is -0.208 e. The lowest BCUT2D eigenvalue weighted by Crippen LogP contribution is -2.01. The zero-order valence-electron chi connectivity index (χ0n) is 29.3. The Balaban J connectivity index is 1.22. The molecule has 0 saturated heterocycles. The van der Waals surface area contributed by atoms with Gasteiger partial charge >= 0.3 is 0 Å². The van der Waals surface area contributed by atoms with Gasteiger partial charge in [-0.05, 0) is 79.5 Å². The normalized spacial score (nSPS) is 10.9. The van der Waals surface area contributed by atoms with Gasteiger partial charge in [0.1, 0.15) is 0 Å². The van der Waals surface area contributed by atoms with Crippen molar-refractivity contribution in [2.75, 3.05) is 0 Å². The highest BCUT2D eigenvalue weighted by Crippen LogP contribution is 2.37. The van der Waals surface area contributed by atoms with Crippen molar-refractivity contribution in [3.63, 3.8) is 0 Å². The zero-order valence-corrected chi connectivity index (χ0v) is 29.3. The Kier molecular flexibility index (Phi) is 8.57. The van der Waals surface area contributed by atoms with Gasteiger partial charge in [-0.2, -0.15) is 5.26 Å². The maximum Gasteiger partial charge on any atom is 0.164 e. The molecule has 0 N–H and O–H groups in total. The monoisotopic (exact) mass is 688 g/mol. The van der Waals surface area contributed by atoms with Crippen molar-refractivity contribution < 1.29 is 0 Å². The molecule has 54 heavy (non-hydrogen) atoms. The third kappa shape index (κ3) is 6.54. The predicted octanol–water partition coefficient (Wildman–Crippen LogP) is 12.6. The van der Waals surface area contributed by atoms with Gasteiger partial charge in [0.25, 0.3) is 0 Å². The first-order valence-electron chi connectivity index (χ1n) is 17.9. The van der Waals surface area contributed by atoms with Crippen molar-refractivity contribution in [1.29, 1.82) is 5.26 Å². The Hall–Kier alpha value is -7.48. The van der Waals surface area contributed by atoms with Gasteiger partial charge in [-0.25, -0.2) is 15.0 Å². The van der Waals surface area contributed by atoms with Gasteiger partial charge in [0.05, 0.1) is 11.6 Å². The van der Waals surface area contributed by atoms with Crippen molar-refractivity contribution >= 4 is 10.8 Å². The van der Waals surface area contributed by atoms with Crippen LogP contribution >= 0.6 is 0 Å². The SMILES string of the molecule is N#Cc1cccc(-c2ccc(-c3nc(-c4ccc(-c5ccccc5)cc4)nc(-c4cc(-c5ccccc5)ccc4-c4ccc5ccccc5c4)n3)cc2)c1. The van der Waals surface area contributed by atoms with E-state index in [9.17, 15) is 5.26 Å². The van der Waals surface area contributed by atoms with Crippen LogP contribution < -0.4 is 0 Å². The number of rotatable bonds is 7. The molecule has 9 rings (SSSR count). The molecule has 0 radical (unpaired) electrons. The Morgan fingerprint density at radius 1 is 0.296 bits per heavy atom. The first kappa shape index (κ1) is 32.4. The van der Waals surface area contributed by atoms with Crippen LogP contribution in [0.5, 0.6) is 0 Å². The van der Waals surface area contributed by atoms with Crippen LogP contribution in [0.2, 0.25) is 0 Å². The molecule has 0 spiro atoms. The van der Waals surface area contributed by atoms with Crippen molar-refractivity contribution in [3.05, 3.63) is 200 Å². The molecule has 0 unspecified atom stereocenters. The van der Waals surface area contributed by atoms with Gasteiger partial charge in [-0.1, -0.05) is 170 Å². The van der Waals surface area contributed by atoms with Crippen LogP contribution in [0.4, 0.5) is 0 Å². The van der Waals surface area contributed by atoms with Crippen molar-refractivity contribution in [3.8, 4) is 84.7 Å². The number of benzene rings is 8. The number of fused-ring (bicyclic) bond motifs is 1. The highest BCUT2D eigenvalue weighted by molar-refractivity contribution is 5.92. The fourth-order valence-electron chi connectivity index (χ4n) is 6.92. The molecule has 0 bridgehead atoms. The van der Waals surface area contributed by atoms with E-state index in [1.54, 1.807) is 0 Å². The summed E-state index contributed by atoms with van der Waals surface area (Å²) in [6.45, 7) is 0. The van der Waals surface area contributed by atoms with Gasteiger partial charge in [0.15, 0.2) is 17.5 Å². The van der Waals surface area contributed by atoms with Crippen molar-refractivity contribution in [2.24, 2.45) is 0 Å². The van der Waals surface area contributed by atoms with E-state index in [2.05, 4.69) is 152 Å². The van der Waals surface area contributed by atoms with E-state index in [0.29, 0.717) is 23.0 Å². The highest BCUT2D eigenvalue weighted by Gasteiger charge is 2.18. The minimum atomic E-state index is 0.578. The second kappa shape index (κ2) is 14.3. The summed E-state index contributed by atoms with van der Waals surface area (Å²) >= 11 is 0. The zero-order chi connectivity index (χ0) is 36.3. The van der Waals surface area contributed by atoms with Gasteiger partial charge in [0.2, 0.25) is 0 Å². The number of aromatic nitrogens is 3. The second-order valence-corrected chi connectivity index (χ2v) is 13.2. The number of nitriles is 1. The van der Waals surface area contributed by atoms with Gasteiger partial charge in [-0.3, -0.25) is 0 Å². The molecule has 1 heterocycles. The first-order valence-corrected chi connectivity index (χ1v) is 17.9. The standard InChI is InChI=1S/C50H32N4/c51-33-34-10-9-17-42(30-34)39-20-25-41(26-21-39)49-52-48(40-23-18-38(19-24-40)35-11-3-1-4-12-35)53-50(54-49)47-32-44(36-13-5-2-6-14-36)28-29-46(47)45-27-22-37-15-7-8-16-43(37)31-45/h1-32H. The summed E-state index contributed by atoms with van der Waals surface area (Å²) in [7, 11) is 0. The lowest BCUT2D eigenvalue weighted by atomic mass is 9.93. The molecule has 9 aromatic rings. The van der Waals surface area contributed by atoms with Gasteiger partial charge in [0, 0.05) is 16.7 Å². The Morgan fingerprint density at radius 2 is 0.759 bits per heavy atom. The maximum absolute atomic E-state index is 9.46. The van der Waals surface area contributed by atoms with Crippen LogP contribution in [-0.2, 0) is 0 Å². The molecule has 0 aliphatic carbocycles. The molecule has 0 aliphatic heterocycles. The molecule has 0 fully saturated rings. The van der Waals surface area contributed by atoms with E-state index in [0.717, 1.165) is 61.2 Å². The van der Waals surface area contributed by atoms with Gasteiger partial charge < -0.3 is 0 Å². The average Bonchev–Trinajstić information content (AvgIpc) is 3.26. The fraction of sp³-hybridized carbons (Fsp3) is 0. The largest absolute Gasteiger partial charge is 0.208 e. The summed E-state index contributed by atoms with van der Waals surface area (Å²) in [4.78, 5) is 15.5. The molecule has 252 valence electrons. The Bertz CT molecular complexity index is 2800. The molecule has 0 atom stereocenters. The quantitative estimate of drug-likeness (QED) is 0.167. The first-order chi connectivity index (χ1) is 26.7. The molecule has 0 saturated carbocycles. The number of hydrogen-bond donors (Lipinski definition) is 0. The Morgan fingerprint density at radius 3 is 1.41 bits per heavy atom. The summed E-state index contributed by atoms with van der Waals surface area (Å²) in [5, 5.41) is 11.8. The molecule has 4 heteroatoms. The molecule has 4 nitrogen and oxygen atoms in total. The van der Waals surface area contributed by atoms with Gasteiger partial charge in [-0.15, -0.1) is 0 Å². The lowest BCUT2D eigenvalue weighted by Gasteiger charge is -2.15. The Labute approximate surface area is 314 Å². The smallest absolute Gasteiger partial charge is 0.164 e. The van der Waals surface area contributed by atoms with E-state index in [1.165, 1.54) is 10.8 Å². The maximum atomic E-state index is 9.46. The molecule has 0 aliphatic rings. The van der Waals surface area contributed by atoms with E-state index in [-0.39, 0.29) is 0 Å². The predicted molar refractivity (Wildman–Crippen MR) is 220 cm³/mol. The van der Waals surface area contributed by atoms with Crippen LogP contribution in [-0.4, -0.2) is 15.0 Å². The molecular formula is C50H32N4. The van der Waals surface area contributed by atoms with E-state index in [1.807, 2.05) is 48.5 Å². The third-order valence-electron chi connectivity index (χ3n) is 9.78. The van der Waals surface area contributed by atoms with E-state index in [4.69, 9.17) is 15.0 Å². The molecule has 1 aromatic heterocycles. The van der Waals surface area contributed by atoms with Crippen LogP contribution in [0.25, 0.3) is 89.4 Å². The van der Waals surface area contributed by atoms with Crippen LogP contribution in [0.15, 0.2) is 194 Å². The summed E-state index contributed by atoms with van der Waals surface area (Å²) in [5.41, 5.74) is 11.9. The second-order valence-electron chi connectivity index (χ2n) is 13.2. The van der Waals surface area contributed by atoms with E-state index < -0.39 is 0 Å². The van der Waals surface area contributed by atoms with Crippen LogP contribution in [0.3, 0.4) is 0 Å². The van der Waals surface area contributed by atoms with Crippen LogP contribution in [0.1, 0.15) is 5.56 Å². The fourth-order valence-corrected chi connectivity index (χ4v) is 6.92. The van der Waals surface area contributed by atoms with E-state index >= 15 is 0 Å². The minimum absolute atomic E-state index is 0.578. The van der Waals surface area contributed by atoms with Crippen LogP contribution in [0, 0.1) is 11.3 Å². The lowest BCUT2D eigenvalue weighted by molar-refractivity contribution is 1.07. The van der Waals surface area contributed by atoms with Crippen molar-refractivity contribution in [2.45, 2.75) is 0 Å². The molecule has 0 amide bonds. The topological polar surface area (TPSA) is 62.5 Å². The number of nitrogens with zero attached hydrogens (tertiary/aromatic N) is 4. The average molecular weight is 689 g/mol.